The molecule has 1 saturated heterocycles. The molecular formula is C23H34F3N3O4S. The van der Waals surface area contributed by atoms with Gasteiger partial charge in [-0.25, -0.2) is 4.79 Å². The Morgan fingerprint density at radius 2 is 1.71 bits per heavy atom. The lowest BCUT2D eigenvalue weighted by molar-refractivity contribution is -0.192. The topological polar surface area (TPSA) is 81.2 Å². The van der Waals surface area contributed by atoms with Gasteiger partial charge in [0, 0.05) is 39.1 Å². The number of hydrogen-bond donors (Lipinski definition) is 1. The summed E-state index contributed by atoms with van der Waals surface area (Å²) in [6.07, 6.45) is 2.59. The minimum absolute atomic E-state index is 0.0376. The highest BCUT2D eigenvalue weighted by molar-refractivity contribution is 7.86. The van der Waals surface area contributed by atoms with Gasteiger partial charge in [0.05, 0.1) is 0 Å². The molecule has 3 aliphatic rings. The smallest absolute Gasteiger partial charge is 0.475 e. The number of nitrogens with zero attached hydrogens (tertiary/aromatic N) is 3. The largest absolute Gasteiger partial charge is 0.490 e. The number of rotatable bonds is 4. The third kappa shape index (κ3) is 6.10. The summed E-state index contributed by atoms with van der Waals surface area (Å²) in [4.78, 5) is 11.5. The van der Waals surface area contributed by atoms with Crippen LogP contribution in [-0.2, 0) is 27.0 Å². The van der Waals surface area contributed by atoms with Crippen LogP contribution in [0.3, 0.4) is 0 Å². The van der Waals surface area contributed by atoms with E-state index in [9.17, 15) is 21.6 Å². The van der Waals surface area contributed by atoms with Gasteiger partial charge >= 0.3 is 12.1 Å². The van der Waals surface area contributed by atoms with Crippen molar-refractivity contribution in [3.63, 3.8) is 0 Å². The predicted molar refractivity (Wildman–Crippen MR) is 122 cm³/mol. The third-order valence-electron chi connectivity index (χ3n) is 7.25. The average Bonchev–Trinajstić information content (AvgIpc) is 3.28. The van der Waals surface area contributed by atoms with Crippen molar-refractivity contribution in [2.45, 2.75) is 56.7 Å². The molecule has 1 saturated carbocycles. The van der Waals surface area contributed by atoms with E-state index in [4.69, 9.17) is 9.90 Å². The van der Waals surface area contributed by atoms with Crippen LogP contribution in [0.5, 0.6) is 0 Å². The Kier molecular flexibility index (Phi) is 8.32. The number of alkyl halides is 3. The van der Waals surface area contributed by atoms with E-state index in [0.717, 1.165) is 31.8 Å². The first-order valence-corrected chi connectivity index (χ1v) is 13.0. The van der Waals surface area contributed by atoms with E-state index in [0.29, 0.717) is 13.1 Å². The van der Waals surface area contributed by atoms with E-state index >= 15 is 0 Å². The van der Waals surface area contributed by atoms with Crippen LogP contribution in [0.1, 0.15) is 49.7 Å². The molecular weight excluding hydrogens is 471 g/mol. The van der Waals surface area contributed by atoms with Crippen LogP contribution in [0.15, 0.2) is 24.3 Å². The molecule has 1 spiro atoms. The summed E-state index contributed by atoms with van der Waals surface area (Å²) in [5.74, 6) is -1.88. The van der Waals surface area contributed by atoms with E-state index in [1.165, 1.54) is 47.7 Å². The molecule has 0 atom stereocenters. The number of aliphatic carboxylic acids is 1. The Morgan fingerprint density at radius 1 is 1.15 bits per heavy atom. The van der Waals surface area contributed by atoms with Gasteiger partial charge in [-0.1, -0.05) is 37.1 Å². The lowest BCUT2D eigenvalue weighted by Gasteiger charge is -2.48. The van der Waals surface area contributed by atoms with Crippen molar-refractivity contribution in [1.82, 2.24) is 13.5 Å². The number of likely N-dealkylation sites (tertiary alicyclic amines) is 1. The van der Waals surface area contributed by atoms with Crippen molar-refractivity contribution in [1.29, 1.82) is 0 Å². The van der Waals surface area contributed by atoms with Crippen molar-refractivity contribution >= 4 is 16.2 Å². The zero-order chi connectivity index (χ0) is 25.1. The normalized spacial score (nSPS) is 21.8. The molecule has 1 aromatic carbocycles. The fourth-order valence-corrected chi connectivity index (χ4v) is 6.56. The molecule has 1 aromatic rings. The molecule has 7 nitrogen and oxygen atoms in total. The summed E-state index contributed by atoms with van der Waals surface area (Å²) >= 11 is 0. The predicted octanol–water partition coefficient (Wildman–Crippen LogP) is 3.47. The average molecular weight is 506 g/mol. The first-order valence-electron chi connectivity index (χ1n) is 11.6. The fourth-order valence-electron chi connectivity index (χ4n) is 5.39. The molecule has 192 valence electrons. The molecule has 4 rings (SSSR count). The first-order chi connectivity index (χ1) is 15.8. The van der Waals surface area contributed by atoms with E-state index in [1.54, 1.807) is 18.4 Å². The number of carbonyl (C=O) groups is 1. The second-order valence-corrected chi connectivity index (χ2v) is 11.9. The molecule has 2 heterocycles. The number of hydrogen-bond acceptors (Lipinski definition) is 4. The van der Waals surface area contributed by atoms with E-state index < -0.39 is 22.4 Å². The lowest BCUT2D eigenvalue weighted by atomic mass is 9.69. The minimum atomic E-state index is -5.08. The van der Waals surface area contributed by atoms with Gasteiger partial charge in [-0.05, 0) is 55.8 Å². The minimum Gasteiger partial charge on any atom is -0.475 e. The number of piperidine rings is 1. The fraction of sp³-hybridized carbons (Fsp3) is 0.696. The van der Waals surface area contributed by atoms with Crippen molar-refractivity contribution in [2.75, 3.05) is 40.3 Å². The summed E-state index contributed by atoms with van der Waals surface area (Å²) in [6.45, 7) is 4.50. The Morgan fingerprint density at radius 3 is 2.24 bits per heavy atom. The van der Waals surface area contributed by atoms with E-state index in [-0.39, 0.29) is 5.41 Å². The van der Waals surface area contributed by atoms with Crippen molar-refractivity contribution < 1.29 is 31.5 Å². The molecule has 0 unspecified atom stereocenters. The van der Waals surface area contributed by atoms with Crippen LogP contribution in [0.2, 0.25) is 0 Å². The van der Waals surface area contributed by atoms with Crippen LogP contribution in [0.25, 0.3) is 0 Å². The zero-order valence-electron chi connectivity index (χ0n) is 19.7. The highest BCUT2D eigenvalue weighted by Gasteiger charge is 2.45. The molecule has 2 fully saturated rings. The van der Waals surface area contributed by atoms with Crippen LogP contribution in [0, 0.1) is 5.92 Å². The third-order valence-corrected chi connectivity index (χ3v) is 9.08. The maximum absolute atomic E-state index is 12.9. The molecule has 0 amide bonds. The SMILES string of the molecule is CN(C)S(=O)(=O)N1Cc2ccccc2C2(CCN(CC3CCCC3)CC2)C1.O=C(O)C(F)(F)F. The van der Waals surface area contributed by atoms with Crippen LogP contribution < -0.4 is 0 Å². The molecule has 2 aliphatic heterocycles. The monoisotopic (exact) mass is 505 g/mol. The van der Waals surface area contributed by atoms with Crippen LogP contribution in [-0.4, -0.2) is 79.5 Å². The van der Waals surface area contributed by atoms with Crippen molar-refractivity contribution in [3.8, 4) is 0 Å². The number of carboxylic acids is 1. The molecule has 1 N–H and O–H groups in total. The molecule has 34 heavy (non-hydrogen) atoms. The summed E-state index contributed by atoms with van der Waals surface area (Å²) < 4.78 is 60.5. The van der Waals surface area contributed by atoms with Crippen LogP contribution in [0.4, 0.5) is 13.2 Å². The molecule has 1 aliphatic carbocycles. The highest BCUT2D eigenvalue weighted by Crippen LogP contribution is 2.43. The maximum atomic E-state index is 12.9. The van der Waals surface area contributed by atoms with Gasteiger partial charge in [-0.15, -0.1) is 0 Å². The first kappa shape index (κ1) is 26.9. The Hall–Kier alpha value is -1.69. The van der Waals surface area contributed by atoms with Gasteiger partial charge in [0.1, 0.15) is 0 Å². The number of halogens is 3. The van der Waals surface area contributed by atoms with Gasteiger partial charge in [-0.2, -0.15) is 30.2 Å². The van der Waals surface area contributed by atoms with Crippen molar-refractivity contribution in [2.24, 2.45) is 5.92 Å². The second-order valence-electron chi connectivity index (χ2n) is 9.75. The summed E-state index contributed by atoms with van der Waals surface area (Å²) in [5.41, 5.74) is 2.53. The quantitative estimate of drug-likeness (QED) is 0.678. The van der Waals surface area contributed by atoms with Crippen molar-refractivity contribution in [3.05, 3.63) is 35.4 Å². The standard InChI is InChI=1S/C21H33N3O2S.C2HF3O2/c1-22(2)27(25,26)24-16-19-9-5-6-10-20(19)21(17-24)11-13-23(14-12-21)15-18-7-3-4-8-18;3-2(4,5)1(6)7/h5-6,9-10,18H,3-4,7-8,11-17H2,1-2H3;(H,6,7). The Labute approximate surface area is 199 Å². The summed E-state index contributed by atoms with van der Waals surface area (Å²) in [5, 5.41) is 7.12. The highest BCUT2D eigenvalue weighted by atomic mass is 32.2. The maximum Gasteiger partial charge on any atom is 0.490 e. The molecule has 0 bridgehead atoms. The van der Waals surface area contributed by atoms with Gasteiger partial charge in [-0.3, -0.25) is 0 Å². The van der Waals surface area contributed by atoms with E-state index in [2.05, 4.69) is 23.1 Å². The molecule has 11 heteroatoms. The van der Waals surface area contributed by atoms with E-state index in [1.807, 2.05) is 6.07 Å². The molecule has 0 radical (unpaired) electrons. The zero-order valence-corrected chi connectivity index (χ0v) is 20.5. The number of benzene rings is 1. The lowest BCUT2D eigenvalue weighted by Crippen LogP contribution is -2.55. The van der Waals surface area contributed by atoms with Gasteiger partial charge in [0.15, 0.2) is 0 Å². The van der Waals surface area contributed by atoms with Gasteiger partial charge in [0.2, 0.25) is 0 Å². The number of carboxylic acid groups (broad SMARTS) is 1. The van der Waals surface area contributed by atoms with Gasteiger partial charge in [0.25, 0.3) is 10.2 Å². The van der Waals surface area contributed by atoms with Gasteiger partial charge < -0.3 is 10.0 Å². The van der Waals surface area contributed by atoms with Crippen LogP contribution >= 0.6 is 0 Å². The Balaban J connectivity index is 0.000000406. The summed E-state index contributed by atoms with van der Waals surface area (Å²) in [6, 6.07) is 8.50. The summed E-state index contributed by atoms with van der Waals surface area (Å²) in [7, 11) is -0.134. The second kappa shape index (κ2) is 10.5. The Bertz CT molecular complexity index is 954. The number of fused-ring (bicyclic) bond motifs is 2. The molecule has 0 aromatic heterocycles.